The van der Waals surface area contributed by atoms with Crippen LogP contribution in [0.2, 0.25) is 0 Å². The zero-order chi connectivity index (χ0) is 16.4. The highest BCUT2D eigenvalue weighted by Crippen LogP contribution is 2.28. The first-order valence-electron chi connectivity index (χ1n) is 8.10. The molecule has 4 rings (SSSR count). The van der Waals surface area contributed by atoms with E-state index in [0.717, 1.165) is 60.5 Å². The Morgan fingerprint density at radius 2 is 1.92 bits per heavy atom. The Morgan fingerprint density at radius 3 is 2.75 bits per heavy atom. The van der Waals surface area contributed by atoms with E-state index < -0.39 is 0 Å². The molecule has 0 saturated carbocycles. The molecule has 0 aromatic carbocycles. The minimum absolute atomic E-state index is 0.789. The van der Waals surface area contributed by atoms with Crippen LogP contribution in [0.5, 0.6) is 0 Å². The van der Waals surface area contributed by atoms with E-state index in [0.29, 0.717) is 0 Å². The molecule has 24 heavy (non-hydrogen) atoms. The molecule has 0 atom stereocenters. The van der Waals surface area contributed by atoms with E-state index in [1.807, 2.05) is 18.3 Å². The Hall–Kier alpha value is -2.48. The van der Waals surface area contributed by atoms with Crippen LogP contribution in [-0.4, -0.2) is 52.7 Å². The van der Waals surface area contributed by atoms with Gasteiger partial charge in [-0.15, -0.1) is 11.3 Å². The summed E-state index contributed by atoms with van der Waals surface area (Å²) in [5.41, 5.74) is 1.02. The molecule has 4 heterocycles. The minimum atomic E-state index is 0.789. The van der Waals surface area contributed by atoms with Gasteiger partial charge in [0.15, 0.2) is 0 Å². The number of hydrogen-bond donors (Lipinski definition) is 1. The molecule has 1 fully saturated rings. The molecule has 0 unspecified atom stereocenters. The van der Waals surface area contributed by atoms with Crippen LogP contribution >= 0.6 is 11.3 Å². The van der Waals surface area contributed by atoms with Gasteiger partial charge in [0, 0.05) is 38.9 Å². The molecule has 1 N–H and O–H groups in total. The van der Waals surface area contributed by atoms with Crippen molar-refractivity contribution in [3.63, 3.8) is 0 Å². The number of thiophene rings is 1. The largest absolute Gasteiger partial charge is 0.370 e. The lowest BCUT2D eigenvalue weighted by Gasteiger charge is -2.35. The number of nitrogens with one attached hydrogen (secondary N) is 1. The highest BCUT2D eigenvalue weighted by atomic mass is 32.1. The second-order valence-corrected chi connectivity index (χ2v) is 6.49. The van der Waals surface area contributed by atoms with Crippen LogP contribution < -0.4 is 15.1 Å². The van der Waals surface area contributed by atoms with Gasteiger partial charge in [-0.2, -0.15) is 4.98 Å². The zero-order valence-electron chi connectivity index (χ0n) is 13.5. The maximum Gasteiger partial charge on any atom is 0.227 e. The molecule has 0 bridgehead atoms. The minimum Gasteiger partial charge on any atom is -0.370 e. The second-order valence-electron chi connectivity index (χ2n) is 5.58. The average Bonchev–Trinajstić information content (AvgIpc) is 3.11. The number of fused-ring (bicyclic) bond motifs is 1. The number of hydrogen-bond acceptors (Lipinski definition) is 8. The predicted molar refractivity (Wildman–Crippen MR) is 98.0 cm³/mol. The Kier molecular flexibility index (Phi) is 4.12. The number of anilines is 3. The molecule has 8 heteroatoms. The SMILES string of the molecule is CCNc1ccnc(N2CCN(c3ncnc4ccsc34)CC2)n1. The maximum absolute atomic E-state index is 4.59. The monoisotopic (exact) mass is 341 g/mol. The summed E-state index contributed by atoms with van der Waals surface area (Å²) >= 11 is 1.70. The van der Waals surface area contributed by atoms with Gasteiger partial charge in [0.1, 0.15) is 18.0 Å². The van der Waals surface area contributed by atoms with E-state index in [1.54, 1.807) is 17.7 Å². The van der Waals surface area contributed by atoms with Crippen molar-refractivity contribution >= 4 is 39.1 Å². The van der Waals surface area contributed by atoms with Crippen LogP contribution in [0.3, 0.4) is 0 Å². The molecule has 124 valence electrons. The first-order chi connectivity index (χ1) is 11.8. The topological polar surface area (TPSA) is 70.1 Å². The maximum atomic E-state index is 4.59. The lowest BCUT2D eigenvalue weighted by Crippen LogP contribution is -2.47. The van der Waals surface area contributed by atoms with Gasteiger partial charge in [-0.3, -0.25) is 0 Å². The van der Waals surface area contributed by atoms with Gasteiger partial charge in [-0.1, -0.05) is 0 Å². The Bertz CT molecular complexity index is 826. The Balaban J connectivity index is 1.49. The quantitative estimate of drug-likeness (QED) is 0.780. The van der Waals surface area contributed by atoms with Gasteiger partial charge < -0.3 is 15.1 Å². The molecule has 3 aromatic heterocycles. The van der Waals surface area contributed by atoms with Crippen LogP contribution in [0, 0.1) is 0 Å². The van der Waals surface area contributed by atoms with Crippen molar-refractivity contribution in [3.05, 3.63) is 30.0 Å². The fourth-order valence-electron chi connectivity index (χ4n) is 2.90. The van der Waals surface area contributed by atoms with E-state index >= 15 is 0 Å². The molecule has 0 aliphatic carbocycles. The second kappa shape index (κ2) is 6.56. The smallest absolute Gasteiger partial charge is 0.227 e. The molecule has 0 amide bonds. The summed E-state index contributed by atoms with van der Waals surface area (Å²) in [5.74, 6) is 2.70. The predicted octanol–water partition coefficient (Wildman–Crippen LogP) is 2.24. The van der Waals surface area contributed by atoms with Crippen LogP contribution in [0.25, 0.3) is 10.2 Å². The Morgan fingerprint density at radius 1 is 1.08 bits per heavy atom. The van der Waals surface area contributed by atoms with E-state index in [9.17, 15) is 0 Å². The fraction of sp³-hybridized carbons (Fsp3) is 0.375. The molecule has 0 radical (unpaired) electrons. The summed E-state index contributed by atoms with van der Waals surface area (Å²) in [7, 11) is 0. The van der Waals surface area contributed by atoms with Crippen LogP contribution in [-0.2, 0) is 0 Å². The summed E-state index contributed by atoms with van der Waals surface area (Å²) in [4.78, 5) is 22.4. The van der Waals surface area contributed by atoms with Crippen molar-refractivity contribution in [2.24, 2.45) is 0 Å². The van der Waals surface area contributed by atoms with Crippen molar-refractivity contribution < 1.29 is 0 Å². The third kappa shape index (κ3) is 2.84. The number of aromatic nitrogens is 4. The first-order valence-corrected chi connectivity index (χ1v) is 8.98. The number of piperazine rings is 1. The van der Waals surface area contributed by atoms with Crippen molar-refractivity contribution in [1.29, 1.82) is 0 Å². The Labute approximate surface area is 144 Å². The van der Waals surface area contributed by atoms with Crippen molar-refractivity contribution in [1.82, 2.24) is 19.9 Å². The molecule has 1 aliphatic heterocycles. The lowest BCUT2D eigenvalue weighted by atomic mass is 10.3. The van der Waals surface area contributed by atoms with Gasteiger partial charge in [0.25, 0.3) is 0 Å². The van der Waals surface area contributed by atoms with E-state index in [2.05, 4.69) is 47.4 Å². The number of rotatable bonds is 4. The zero-order valence-corrected chi connectivity index (χ0v) is 14.3. The third-order valence-corrected chi connectivity index (χ3v) is 4.99. The lowest BCUT2D eigenvalue weighted by molar-refractivity contribution is 0.636. The van der Waals surface area contributed by atoms with Crippen molar-refractivity contribution in [2.75, 3.05) is 47.8 Å². The molecule has 1 saturated heterocycles. The molecule has 3 aromatic rings. The van der Waals surface area contributed by atoms with Crippen LogP contribution in [0.1, 0.15) is 6.92 Å². The highest BCUT2D eigenvalue weighted by Gasteiger charge is 2.22. The van der Waals surface area contributed by atoms with Gasteiger partial charge in [0.2, 0.25) is 5.95 Å². The van der Waals surface area contributed by atoms with Gasteiger partial charge in [-0.05, 0) is 24.4 Å². The van der Waals surface area contributed by atoms with Crippen LogP contribution in [0.4, 0.5) is 17.6 Å². The van der Waals surface area contributed by atoms with Gasteiger partial charge in [-0.25, -0.2) is 15.0 Å². The molecular weight excluding hydrogens is 322 g/mol. The summed E-state index contributed by atoms with van der Waals surface area (Å²) < 4.78 is 1.16. The van der Waals surface area contributed by atoms with E-state index in [1.165, 1.54) is 0 Å². The number of nitrogens with zero attached hydrogens (tertiary/aromatic N) is 6. The van der Waals surface area contributed by atoms with E-state index in [4.69, 9.17) is 0 Å². The summed E-state index contributed by atoms with van der Waals surface area (Å²) in [6.07, 6.45) is 3.46. The van der Waals surface area contributed by atoms with Crippen molar-refractivity contribution in [3.8, 4) is 0 Å². The highest BCUT2D eigenvalue weighted by molar-refractivity contribution is 7.17. The van der Waals surface area contributed by atoms with Gasteiger partial charge >= 0.3 is 0 Å². The summed E-state index contributed by atoms with van der Waals surface area (Å²) in [6.45, 7) is 6.48. The van der Waals surface area contributed by atoms with Crippen molar-refractivity contribution in [2.45, 2.75) is 6.92 Å². The van der Waals surface area contributed by atoms with Gasteiger partial charge in [0.05, 0.1) is 10.2 Å². The molecule has 0 spiro atoms. The average molecular weight is 341 g/mol. The molecule has 1 aliphatic rings. The third-order valence-electron chi connectivity index (χ3n) is 4.09. The normalized spacial score (nSPS) is 15.0. The first kappa shape index (κ1) is 15.1. The fourth-order valence-corrected chi connectivity index (χ4v) is 3.76. The molecular formula is C16H19N7S. The summed E-state index contributed by atoms with van der Waals surface area (Å²) in [6, 6.07) is 3.94. The molecule has 7 nitrogen and oxygen atoms in total. The summed E-state index contributed by atoms with van der Waals surface area (Å²) in [5, 5.41) is 5.30. The van der Waals surface area contributed by atoms with Crippen LogP contribution in [0.15, 0.2) is 30.0 Å². The standard InChI is InChI=1S/C16H19N7S/c1-2-17-13-3-5-18-16(21-13)23-8-6-22(7-9-23)15-14-12(4-10-24-14)19-11-20-15/h3-5,10-11H,2,6-9H2,1H3,(H,17,18,21). The van der Waals surface area contributed by atoms with E-state index in [-0.39, 0.29) is 0 Å².